The van der Waals surface area contributed by atoms with Gasteiger partial charge in [0, 0.05) is 53.0 Å². The Hall–Kier alpha value is -6.84. The molecule has 0 atom stereocenters. The van der Waals surface area contributed by atoms with Crippen LogP contribution in [0.5, 0.6) is 0 Å². The smallest absolute Gasteiger partial charge is 0.0464 e. The van der Waals surface area contributed by atoms with Gasteiger partial charge in [0.05, 0.1) is 0 Å². The lowest BCUT2D eigenvalue weighted by Gasteiger charge is -2.27. The molecule has 284 valence electrons. The molecule has 0 amide bonds. The minimum absolute atomic E-state index is 1.07. The average molecular weight is 752 g/mol. The second kappa shape index (κ2) is 18.0. The van der Waals surface area contributed by atoms with Gasteiger partial charge in [0.15, 0.2) is 0 Å². The van der Waals surface area contributed by atoms with Crippen molar-refractivity contribution in [3.63, 3.8) is 0 Å². The van der Waals surface area contributed by atoms with Crippen molar-refractivity contribution < 1.29 is 0 Å². The van der Waals surface area contributed by atoms with E-state index in [1.807, 2.05) is 24.8 Å². The third-order valence-corrected chi connectivity index (χ3v) is 10.8. The highest BCUT2D eigenvalue weighted by molar-refractivity contribution is 5.83. The predicted octanol–water partition coefficient (Wildman–Crippen LogP) is 14.0. The second-order valence-corrected chi connectivity index (χ2v) is 15.3. The summed E-state index contributed by atoms with van der Waals surface area (Å²) in [5.74, 6) is 0. The van der Waals surface area contributed by atoms with Crippen LogP contribution in [0.4, 0.5) is 17.1 Å². The van der Waals surface area contributed by atoms with Crippen molar-refractivity contribution in [1.82, 2.24) is 9.97 Å². The zero-order valence-corrected chi connectivity index (χ0v) is 33.6. The quantitative estimate of drug-likeness (QED) is 0.123. The first-order chi connectivity index (χ1) is 28.5. The zero-order chi connectivity index (χ0) is 39.7. The minimum Gasteiger partial charge on any atom is -0.310 e. The molecule has 2 aromatic heterocycles. The lowest BCUT2D eigenvalue weighted by Crippen LogP contribution is -2.12. The number of aryl methyl sites for hydroxylation is 5. The van der Waals surface area contributed by atoms with E-state index in [4.69, 9.17) is 0 Å². The van der Waals surface area contributed by atoms with Crippen molar-refractivity contribution in [2.75, 3.05) is 4.90 Å². The van der Waals surface area contributed by atoms with Crippen molar-refractivity contribution in [2.24, 2.45) is 0 Å². The zero-order valence-electron chi connectivity index (χ0n) is 33.6. The van der Waals surface area contributed by atoms with Gasteiger partial charge in [-0.3, -0.25) is 9.97 Å². The molecule has 8 rings (SSSR count). The fraction of sp³-hybridized carbons (Fsp3) is 0.127. The first kappa shape index (κ1) is 38.1. The van der Waals surface area contributed by atoms with E-state index < -0.39 is 0 Å². The minimum atomic E-state index is 1.07. The summed E-state index contributed by atoms with van der Waals surface area (Å²) in [7, 11) is 0. The Morgan fingerprint density at radius 2 is 0.948 bits per heavy atom. The lowest BCUT2D eigenvalue weighted by atomic mass is 9.91. The molecule has 0 aliphatic heterocycles. The maximum absolute atomic E-state index is 4.47. The van der Waals surface area contributed by atoms with Crippen LogP contribution in [0.2, 0.25) is 0 Å². The number of pyridine rings is 2. The van der Waals surface area contributed by atoms with E-state index in [-0.39, 0.29) is 0 Å². The molecule has 3 nitrogen and oxygen atoms in total. The molecule has 3 heteroatoms. The van der Waals surface area contributed by atoms with E-state index in [1.165, 1.54) is 58.3 Å². The predicted molar refractivity (Wildman–Crippen MR) is 246 cm³/mol. The number of rotatable bonds is 11. The molecule has 5 aromatic carbocycles. The largest absolute Gasteiger partial charge is 0.310 e. The number of hydrogen-bond acceptors (Lipinski definition) is 3. The Morgan fingerprint density at radius 3 is 1.50 bits per heavy atom. The van der Waals surface area contributed by atoms with Crippen LogP contribution in [0.15, 0.2) is 183 Å². The molecule has 0 fully saturated rings. The highest BCUT2D eigenvalue weighted by Gasteiger charge is 2.16. The Bertz CT molecular complexity index is 2560. The van der Waals surface area contributed by atoms with Gasteiger partial charge in [-0.15, -0.1) is 0 Å². The Balaban J connectivity index is 1.08. The average Bonchev–Trinajstić information content (AvgIpc) is 3.26. The standard InChI is InChI=1S/C55H49N3/c1-40-19-25-47(26-20-40)54(46-14-5-4-6-15-46)17-9-11-43-21-28-51(29-22-43)58(53-32-27-45-13-7-8-16-48(45)35-53)52-30-23-44(24-31-52)12-10-18-55(49-33-41(2)36-56-38-49)50-34-42(3)37-57-39-50/h4-6,9-12,14-15,17-39H,7-8,13,16H2,1-3H3/b11-9+,12-10+,54-17+. The fourth-order valence-electron chi connectivity index (χ4n) is 7.76. The van der Waals surface area contributed by atoms with E-state index >= 15 is 0 Å². The van der Waals surface area contributed by atoms with Gasteiger partial charge in [-0.1, -0.05) is 127 Å². The molecule has 0 bridgehead atoms. The number of fused-ring (bicyclic) bond motifs is 1. The van der Waals surface area contributed by atoms with Gasteiger partial charge in [0.1, 0.15) is 0 Å². The van der Waals surface area contributed by atoms with Crippen molar-refractivity contribution >= 4 is 40.4 Å². The maximum atomic E-state index is 4.47. The molecule has 2 heterocycles. The van der Waals surface area contributed by atoms with E-state index in [0.29, 0.717) is 0 Å². The van der Waals surface area contributed by atoms with E-state index in [1.54, 1.807) is 0 Å². The summed E-state index contributed by atoms with van der Waals surface area (Å²) in [5.41, 5.74) is 19.0. The molecule has 0 saturated carbocycles. The van der Waals surface area contributed by atoms with Gasteiger partial charge in [-0.05, 0) is 151 Å². The Kier molecular flexibility index (Phi) is 11.8. The number of aromatic nitrogens is 2. The normalized spacial score (nSPS) is 12.8. The molecule has 7 aromatic rings. The molecule has 0 N–H and O–H groups in total. The van der Waals surface area contributed by atoms with Crippen LogP contribution >= 0.6 is 0 Å². The van der Waals surface area contributed by atoms with Crippen LogP contribution in [0.25, 0.3) is 23.3 Å². The van der Waals surface area contributed by atoms with Crippen LogP contribution in [0, 0.1) is 20.8 Å². The highest BCUT2D eigenvalue weighted by atomic mass is 15.1. The van der Waals surface area contributed by atoms with Crippen molar-refractivity contribution in [3.05, 3.63) is 244 Å². The molecule has 58 heavy (non-hydrogen) atoms. The summed E-state index contributed by atoms with van der Waals surface area (Å²) in [6.45, 7) is 6.28. The summed E-state index contributed by atoms with van der Waals surface area (Å²) in [4.78, 5) is 11.3. The molecular formula is C55H49N3. The first-order valence-electron chi connectivity index (χ1n) is 20.3. The molecule has 0 unspecified atom stereocenters. The molecular weight excluding hydrogens is 703 g/mol. The van der Waals surface area contributed by atoms with Crippen LogP contribution in [0.1, 0.15) is 74.0 Å². The van der Waals surface area contributed by atoms with Crippen molar-refractivity contribution in [2.45, 2.75) is 46.5 Å². The van der Waals surface area contributed by atoms with Crippen LogP contribution in [-0.4, -0.2) is 9.97 Å². The van der Waals surface area contributed by atoms with Crippen LogP contribution in [-0.2, 0) is 12.8 Å². The lowest BCUT2D eigenvalue weighted by molar-refractivity contribution is 0.685. The topological polar surface area (TPSA) is 29.0 Å². The number of anilines is 3. The highest BCUT2D eigenvalue weighted by Crippen LogP contribution is 2.37. The second-order valence-electron chi connectivity index (χ2n) is 15.3. The first-order valence-corrected chi connectivity index (χ1v) is 20.3. The molecule has 1 aliphatic carbocycles. The van der Waals surface area contributed by atoms with Gasteiger partial charge in [-0.2, -0.15) is 0 Å². The van der Waals surface area contributed by atoms with Gasteiger partial charge < -0.3 is 4.90 Å². The van der Waals surface area contributed by atoms with Gasteiger partial charge in [0.2, 0.25) is 0 Å². The fourth-order valence-corrected chi connectivity index (χ4v) is 7.76. The monoisotopic (exact) mass is 751 g/mol. The third kappa shape index (κ3) is 9.23. The number of nitrogens with zero attached hydrogens (tertiary/aromatic N) is 3. The Labute approximate surface area is 344 Å². The van der Waals surface area contributed by atoms with Crippen LogP contribution in [0.3, 0.4) is 0 Å². The number of allylic oxidation sites excluding steroid dienone is 4. The molecule has 1 aliphatic rings. The number of benzene rings is 5. The van der Waals surface area contributed by atoms with Gasteiger partial charge in [-0.25, -0.2) is 0 Å². The summed E-state index contributed by atoms with van der Waals surface area (Å²) >= 11 is 0. The van der Waals surface area contributed by atoms with E-state index in [2.05, 4.69) is 206 Å². The summed E-state index contributed by atoms with van der Waals surface area (Å²) in [5, 5.41) is 0. The van der Waals surface area contributed by atoms with Crippen molar-refractivity contribution in [3.8, 4) is 0 Å². The Morgan fingerprint density at radius 1 is 0.448 bits per heavy atom. The SMILES string of the molecule is Cc1ccc(/C(=C/C=C/c2ccc(N(c3ccc(/C=C/C=C(c4cncc(C)c4)c4cncc(C)c4)cc3)c3ccc4c(c3)CCCC4)cc2)c2ccccc2)cc1. The molecule has 0 saturated heterocycles. The maximum Gasteiger partial charge on any atom is 0.0464 e. The van der Waals surface area contributed by atoms with Gasteiger partial charge in [0.25, 0.3) is 0 Å². The van der Waals surface area contributed by atoms with Crippen molar-refractivity contribution in [1.29, 1.82) is 0 Å². The van der Waals surface area contributed by atoms with E-state index in [0.717, 1.165) is 56.7 Å². The molecule has 0 spiro atoms. The van der Waals surface area contributed by atoms with Crippen LogP contribution < -0.4 is 4.90 Å². The number of hydrogen-bond donors (Lipinski definition) is 0. The van der Waals surface area contributed by atoms with Gasteiger partial charge >= 0.3 is 0 Å². The van der Waals surface area contributed by atoms with E-state index in [9.17, 15) is 0 Å². The summed E-state index contributed by atoms with van der Waals surface area (Å²) in [6.07, 6.45) is 25.5. The third-order valence-electron chi connectivity index (χ3n) is 10.8. The molecule has 0 radical (unpaired) electrons. The summed E-state index contributed by atoms with van der Waals surface area (Å²) < 4.78 is 0. The summed E-state index contributed by atoms with van der Waals surface area (Å²) in [6, 6.07) is 48.5.